The van der Waals surface area contributed by atoms with Crippen molar-refractivity contribution < 1.29 is 9.90 Å². The number of aromatic nitrogens is 1. The lowest BCUT2D eigenvalue weighted by Crippen LogP contribution is -1.84. The molecule has 2 aromatic rings. The van der Waals surface area contributed by atoms with E-state index in [0.29, 0.717) is 20.8 Å². The highest BCUT2D eigenvalue weighted by Crippen LogP contribution is 2.32. The Labute approximate surface area is 105 Å². The molecule has 17 heavy (non-hydrogen) atoms. The Balaban J connectivity index is 2.55. The number of fused-ring (bicyclic) bond motifs is 1. The summed E-state index contributed by atoms with van der Waals surface area (Å²) in [6.07, 6.45) is 3.92. The molecule has 0 aliphatic heterocycles. The van der Waals surface area contributed by atoms with Gasteiger partial charge in [-0.05, 0) is 12.1 Å². The molecule has 0 aliphatic carbocycles. The molecule has 1 N–H and O–H groups in total. The average molecular weight is 265 g/mol. The Hall–Kier alpha value is -1.90. The fourth-order valence-electron chi connectivity index (χ4n) is 1.29. The van der Waals surface area contributed by atoms with Gasteiger partial charge in [-0.3, -0.25) is 0 Å². The predicted octanol–water partition coefficient (Wildman–Crippen LogP) is 2.92. The highest BCUT2D eigenvalue weighted by molar-refractivity contribution is 7.19. The molecule has 2 heterocycles. The molecule has 0 atom stereocenters. The van der Waals surface area contributed by atoms with Crippen molar-refractivity contribution in [2.75, 3.05) is 0 Å². The van der Waals surface area contributed by atoms with Crippen LogP contribution in [-0.4, -0.2) is 16.1 Å². The van der Waals surface area contributed by atoms with Crippen LogP contribution in [0.1, 0.15) is 10.4 Å². The number of nitrogens with zero attached hydrogens (tertiary/aromatic N) is 2. The minimum Gasteiger partial charge on any atom is -0.478 e. The van der Waals surface area contributed by atoms with Gasteiger partial charge in [0.2, 0.25) is 0 Å². The molecule has 0 amide bonds. The van der Waals surface area contributed by atoms with Crippen LogP contribution in [-0.2, 0) is 4.79 Å². The van der Waals surface area contributed by atoms with Crippen LogP contribution in [0.3, 0.4) is 0 Å². The quantitative estimate of drug-likeness (QED) is 0.847. The van der Waals surface area contributed by atoms with Crippen molar-refractivity contribution in [2.45, 2.75) is 0 Å². The third-order valence-electron chi connectivity index (χ3n) is 2.03. The summed E-state index contributed by atoms with van der Waals surface area (Å²) in [5.74, 6) is -1.01. The number of aliphatic carboxylic acids is 1. The van der Waals surface area contributed by atoms with Crippen LogP contribution >= 0.6 is 22.9 Å². The SMILES string of the molecule is N#Cc1cnc2sc(/C=C/C(=O)O)cc2c1Cl. The maximum absolute atomic E-state index is 10.4. The molecule has 0 radical (unpaired) electrons. The van der Waals surface area contributed by atoms with Gasteiger partial charge in [0.05, 0.1) is 10.6 Å². The van der Waals surface area contributed by atoms with Gasteiger partial charge < -0.3 is 5.11 Å². The Morgan fingerprint density at radius 1 is 1.65 bits per heavy atom. The molecule has 0 saturated heterocycles. The van der Waals surface area contributed by atoms with E-state index in [-0.39, 0.29) is 0 Å². The molecular formula is C11H5ClN2O2S. The molecule has 0 saturated carbocycles. The Bertz CT molecular complexity index is 670. The van der Waals surface area contributed by atoms with E-state index in [0.717, 1.165) is 11.0 Å². The van der Waals surface area contributed by atoms with E-state index >= 15 is 0 Å². The topological polar surface area (TPSA) is 74.0 Å². The van der Waals surface area contributed by atoms with Gasteiger partial charge in [-0.2, -0.15) is 5.26 Å². The molecule has 0 spiro atoms. The number of pyridine rings is 1. The highest BCUT2D eigenvalue weighted by Gasteiger charge is 2.09. The van der Waals surface area contributed by atoms with E-state index in [1.165, 1.54) is 23.6 Å². The Kier molecular flexibility index (Phi) is 3.09. The van der Waals surface area contributed by atoms with Gasteiger partial charge in [-0.1, -0.05) is 11.6 Å². The maximum Gasteiger partial charge on any atom is 0.328 e. The van der Waals surface area contributed by atoms with Crippen molar-refractivity contribution in [2.24, 2.45) is 0 Å². The van der Waals surface area contributed by atoms with Crippen LogP contribution in [0, 0.1) is 11.3 Å². The summed E-state index contributed by atoms with van der Waals surface area (Å²) in [5.41, 5.74) is 0.311. The molecule has 2 aromatic heterocycles. The lowest BCUT2D eigenvalue weighted by Gasteiger charge is -1.93. The molecular weight excluding hydrogens is 260 g/mol. The second kappa shape index (κ2) is 4.53. The summed E-state index contributed by atoms with van der Waals surface area (Å²) >= 11 is 7.34. The number of hydrogen-bond donors (Lipinski definition) is 1. The summed E-state index contributed by atoms with van der Waals surface area (Å²) < 4.78 is 0. The smallest absolute Gasteiger partial charge is 0.328 e. The first-order chi connectivity index (χ1) is 8.11. The number of thiophene rings is 1. The van der Waals surface area contributed by atoms with Crippen molar-refractivity contribution in [1.82, 2.24) is 4.98 Å². The van der Waals surface area contributed by atoms with Crippen LogP contribution in [0.4, 0.5) is 0 Å². The van der Waals surface area contributed by atoms with E-state index in [9.17, 15) is 4.79 Å². The van der Waals surface area contributed by atoms with Gasteiger partial charge in [0.15, 0.2) is 0 Å². The maximum atomic E-state index is 10.4. The third kappa shape index (κ3) is 2.28. The summed E-state index contributed by atoms with van der Waals surface area (Å²) in [6.45, 7) is 0. The van der Waals surface area contributed by atoms with Crippen LogP contribution in [0.25, 0.3) is 16.3 Å². The third-order valence-corrected chi connectivity index (χ3v) is 3.44. The lowest BCUT2D eigenvalue weighted by atomic mass is 10.2. The highest BCUT2D eigenvalue weighted by atomic mass is 35.5. The number of hydrogen-bond acceptors (Lipinski definition) is 4. The second-order valence-corrected chi connectivity index (χ2v) is 4.58. The summed E-state index contributed by atoms with van der Waals surface area (Å²) in [5, 5.41) is 18.3. The fourth-order valence-corrected chi connectivity index (χ4v) is 2.50. The fraction of sp³-hybridized carbons (Fsp3) is 0. The number of halogens is 1. The zero-order chi connectivity index (χ0) is 12.4. The van der Waals surface area contributed by atoms with Crippen LogP contribution < -0.4 is 0 Å². The number of carboxylic acids is 1. The molecule has 0 aliphatic rings. The summed E-state index contributed by atoms with van der Waals surface area (Å²) in [4.78, 5) is 15.9. The predicted molar refractivity (Wildman–Crippen MR) is 66.0 cm³/mol. The van der Waals surface area contributed by atoms with E-state index in [4.69, 9.17) is 22.0 Å². The number of nitriles is 1. The number of carbonyl (C=O) groups is 1. The van der Waals surface area contributed by atoms with Gasteiger partial charge in [0, 0.05) is 22.5 Å². The largest absolute Gasteiger partial charge is 0.478 e. The zero-order valence-electron chi connectivity index (χ0n) is 8.35. The summed E-state index contributed by atoms with van der Waals surface area (Å²) in [6, 6.07) is 3.66. The molecule has 0 fully saturated rings. The van der Waals surface area contributed by atoms with Gasteiger partial charge in [0.1, 0.15) is 10.9 Å². The molecule has 0 unspecified atom stereocenters. The second-order valence-electron chi connectivity index (χ2n) is 3.14. The monoisotopic (exact) mass is 264 g/mol. The molecule has 2 rings (SSSR count). The minimum atomic E-state index is -1.01. The van der Waals surface area contributed by atoms with Gasteiger partial charge >= 0.3 is 5.97 Å². The van der Waals surface area contributed by atoms with Crippen molar-refractivity contribution in [3.8, 4) is 6.07 Å². The van der Waals surface area contributed by atoms with Crippen molar-refractivity contribution >= 4 is 45.2 Å². The molecule has 0 bridgehead atoms. The summed E-state index contributed by atoms with van der Waals surface area (Å²) in [7, 11) is 0. The normalized spacial score (nSPS) is 10.8. The first kappa shape index (κ1) is 11.6. The van der Waals surface area contributed by atoms with Crippen LogP contribution in [0.5, 0.6) is 0 Å². The van der Waals surface area contributed by atoms with E-state index in [1.54, 1.807) is 6.07 Å². The Morgan fingerprint density at radius 2 is 2.41 bits per heavy atom. The standard InChI is InChI=1S/C11H5ClN2O2S/c12-10-6(4-13)5-14-11-8(10)3-7(17-11)1-2-9(15)16/h1-3,5H,(H,15,16)/b2-1+. The number of rotatable bonds is 2. The molecule has 6 heteroatoms. The first-order valence-electron chi connectivity index (χ1n) is 4.51. The van der Waals surface area contributed by atoms with Gasteiger partial charge in [-0.25, -0.2) is 9.78 Å². The van der Waals surface area contributed by atoms with Gasteiger partial charge in [0.25, 0.3) is 0 Å². The first-order valence-corrected chi connectivity index (χ1v) is 5.70. The van der Waals surface area contributed by atoms with Gasteiger partial charge in [-0.15, -0.1) is 11.3 Å². The number of carboxylic acid groups (broad SMARTS) is 1. The molecule has 84 valence electrons. The van der Waals surface area contributed by atoms with E-state index in [2.05, 4.69) is 4.98 Å². The average Bonchev–Trinajstić information content (AvgIpc) is 2.71. The van der Waals surface area contributed by atoms with E-state index in [1.807, 2.05) is 6.07 Å². The molecule has 4 nitrogen and oxygen atoms in total. The van der Waals surface area contributed by atoms with E-state index < -0.39 is 5.97 Å². The van der Waals surface area contributed by atoms with Crippen LogP contribution in [0.15, 0.2) is 18.3 Å². The van der Waals surface area contributed by atoms with Crippen molar-refractivity contribution in [3.05, 3.63) is 33.8 Å². The van der Waals surface area contributed by atoms with Crippen molar-refractivity contribution in [1.29, 1.82) is 5.26 Å². The lowest BCUT2D eigenvalue weighted by molar-refractivity contribution is -0.131. The molecule has 0 aromatic carbocycles. The zero-order valence-corrected chi connectivity index (χ0v) is 9.92. The Morgan fingerprint density at radius 3 is 3.06 bits per heavy atom. The van der Waals surface area contributed by atoms with Crippen LogP contribution in [0.2, 0.25) is 5.02 Å². The van der Waals surface area contributed by atoms with Crippen molar-refractivity contribution in [3.63, 3.8) is 0 Å². The minimum absolute atomic E-state index is 0.311.